The minimum absolute atomic E-state index is 0.104. The molecule has 0 saturated carbocycles. The number of ether oxygens (including phenoxy) is 1. The summed E-state index contributed by atoms with van der Waals surface area (Å²) in [5, 5.41) is 0. The zero-order valence-electron chi connectivity index (χ0n) is 20.6. The van der Waals surface area contributed by atoms with E-state index in [2.05, 4.69) is 4.98 Å². The second-order valence-electron chi connectivity index (χ2n) is 8.68. The third-order valence-electron chi connectivity index (χ3n) is 6.35. The molecule has 1 aromatic heterocycles. The molecule has 1 aliphatic heterocycles. The van der Waals surface area contributed by atoms with Gasteiger partial charge in [0.15, 0.2) is 0 Å². The lowest BCUT2D eigenvalue weighted by Gasteiger charge is -2.21. The summed E-state index contributed by atoms with van der Waals surface area (Å²) in [6, 6.07) is 12.6. The van der Waals surface area contributed by atoms with Crippen LogP contribution in [0.1, 0.15) is 46.5 Å². The minimum Gasteiger partial charge on any atom is -0.488 e. The lowest BCUT2D eigenvalue weighted by Crippen LogP contribution is -2.31. The Kier molecular flexibility index (Phi) is 7.23. The SMILES string of the molecule is CCN(CC)S(=O)(=O)c1ccc2c(c1)CCN2C(=O)c1cc(C)c(OCc2cccnc2)c(C)c1. The highest BCUT2D eigenvalue weighted by molar-refractivity contribution is 7.89. The fourth-order valence-corrected chi connectivity index (χ4v) is 6.07. The Balaban J connectivity index is 1.55. The molecule has 0 fully saturated rings. The number of pyridine rings is 1. The first-order valence-electron chi connectivity index (χ1n) is 11.8. The zero-order chi connectivity index (χ0) is 25.2. The Labute approximate surface area is 207 Å². The maximum atomic E-state index is 13.4. The van der Waals surface area contributed by atoms with Crippen LogP contribution in [0.4, 0.5) is 5.69 Å². The smallest absolute Gasteiger partial charge is 0.258 e. The molecular weight excluding hydrogens is 462 g/mol. The first kappa shape index (κ1) is 24.9. The molecule has 3 aromatic rings. The molecule has 7 nitrogen and oxygen atoms in total. The summed E-state index contributed by atoms with van der Waals surface area (Å²) < 4.78 is 33.3. The van der Waals surface area contributed by atoms with Crippen molar-refractivity contribution in [3.63, 3.8) is 0 Å². The van der Waals surface area contributed by atoms with Crippen molar-refractivity contribution in [3.8, 4) is 5.75 Å². The summed E-state index contributed by atoms with van der Waals surface area (Å²) in [6.45, 7) is 9.28. The van der Waals surface area contributed by atoms with Gasteiger partial charge in [-0.25, -0.2) is 8.42 Å². The molecule has 184 valence electrons. The van der Waals surface area contributed by atoms with E-state index in [0.29, 0.717) is 38.2 Å². The maximum absolute atomic E-state index is 13.4. The number of nitrogens with zero attached hydrogens (tertiary/aromatic N) is 3. The van der Waals surface area contributed by atoms with E-state index in [9.17, 15) is 13.2 Å². The molecule has 1 amide bonds. The number of rotatable bonds is 8. The van der Waals surface area contributed by atoms with Crippen molar-refractivity contribution < 1.29 is 17.9 Å². The first-order valence-corrected chi connectivity index (χ1v) is 13.3. The van der Waals surface area contributed by atoms with E-state index < -0.39 is 10.0 Å². The van der Waals surface area contributed by atoms with Crippen LogP contribution in [0, 0.1) is 13.8 Å². The topological polar surface area (TPSA) is 79.8 Å². The van der Waals surface area contributed by atoms with Gasteiger partial charge in [-0.05, 0) is 73.4 Å². The lowest BCUT2D eigenvalue weighted by molar-refractivity contribution is 0.0989. The average Bonchev–Trinajstić information content (AvgIpc) is 3.27. The summed E-state index contributed by atoms with van der Waals surface area (Å²) in [5.41, 5.74) is 4.97. The lowest BCUT2D eigenvalue weighted by atomic mass is 10.0. The zero-order valence-corrected chi connectivity index (χ0v) is 21.4. The quantitative estimate of drug-likeness (QED) is 0.461. The predicted octanol–water partition coefficient (Wildman–Crippen LogP) is 4.51. The molecular formula is C27H31N3O4S. The van der Waals surface area contributed by atoms with Gasteiger partial charge in [0.1, 0.15) is 12.4 Å². The van der Waals surface area contributed by atoms with E-state index in [1.165, 1.54) is 4.31 Å². The number of anilines is 1. The van der Waals surface area contributed by atoms with Crippen LogP contribution in [0.3, 0.4) is 0 Å². The van der Waals surface area contributed by atoms with Crippen molar-refractivity contribution in [1.29, 1.82) is 0 Å². The second kappa shape index (κ2) is 10.2. The van der Waals surface area contributed by atoms with E-state index in [0.717, 1.165) is 33.7 Å². The van der Waals surface area contributed by atoms with Crippen LogP contribution >= 0.6 is 0 Å². The van der Waals surface area contributed by atoms with E-state index in [1.807, 2.05) is 52.0 Å². The highest BCUT2D eigenvalue weighted by atomic mass is 32.2. The van der Waals surface area contributed by atoms with Crippen LogP contribution in [0.2, 0.25) is 0 Å². The Hall–Kier alpha value is -3.23. The molecule has 0 radical (unpaired) electrons. The largest absolute Gasteiger partial charge is 0.488 e. The van der Waals surface area contributed by atoms with Crippen LogP contribution in [-0.4, -0.2) is 43.2 Å². The molecule has 2 heterocycles. The number of aromatic nitrogens is 1. The Morgan fingerprint density at radius 3 is 2.43 bits per heavy atom. The highest BCUT2D eigenvalue weighted by Gasteiger charge is 2.29. The summed E-state index contributed by atoms with van der Waals surface area (Å²) in [7, 11) is -3.54. The summed E-state index contributed by atoms with van der Waals surface area (Å²) in [6.07, 6.45) is 4.11. The van der Waals surface area contributed by atoms with Gasteiger partial charge < -0.3 is 9.64 Å². The molecule has 8 heteroatoms. The number of fused-ring (bicyclic) bond motifs is 1. The van der Waals surface area contributed by atoms with Gasteiger partial charge in [0.05, 0.1) is 4.90 Å². The Bertz CT molecular complexity index is 1310. The monoisotopic (exact) mass is 493 g/mol. The summed E-state index contributed by atoms with van der Waals surface area (Å²) in [5.74, 6) is 0.659. The molecule has 0 aliphatic carbocycles. The Morgan fingerprint density at radius 2 is 1.80 bits per heavy atom. The van der Waals surface area contributed by atoms with Gasteiger partial charge in [0, 0.05) is 48.8 Å². The van der Waals surface area contributed by atoms with Gasteiger partial charge in [-0.3, -0.25) is 9.78 Å². The summed E-state index contributed by atoms with van der Waals surface area (Å²) in [4.78, 5) is 19.6. The standard InChI is InChI=1S/C27H31N3O4S/c1-5-29(6-2)35(32,33)24-9-10-25-22(16-24)11-13-30(25)27(31)23-14-19(3)26(20(4)15-23)34-18-21-8-7-12-28-17-21/h7-10,12,14-17H,5-6,11,13,18H2,1-4H3. The number of amides is 1. The van der Waals surface area contributed by atoms with E-state index in [1.54, 1.807) is 35.5 Å². The van der Waals surface area contributed by atoms with Gasteiger partial charge in [-0.1, -0.05) is 19.9 Å². The van der Waals surface area contributed by atoms with Crippen LogP contribution < -0.4 is 9.64 Å². The molecule has 1 aliphatic rings. The van der Waals surface area contributed by atoms with Crippen LogP contribution in [0.5, 0.6) is 5.75 Å². The van der Waals surface area contributed by atoms with Gasteiger partial charge in [-0.15, -0.1) is 0 Å². The molecule has 0 unspecified atom stereocenters. The molecule has 4 rings (SSSR count). The molecule has 0 bridgehead atoms. The van der Waals surface area contributed by atoms with E-state index in [-0.39, 0.29) is 10.8 Å². The number of sulfonamides is 1. The molecule has 0 atom stereocenters. The van der Waals surface area contributed by atoms with E-state index >= 15 is 0 Å². The molecule has 0 saturated heterocycles. The molecule has 2 aromatic carbocycles. The van der Waals surface area contributed by atoms with Crippen molar-refractivity contribution in [2.45, 2.75) is 45.6 Å². The van der Waals surface area contributed by atoms with Crippen molar-refractivity contribution in [1.82, 2.24) is 9.29 Å². The van der Waals surface area contributed by atoms with Crippen molar-refractivity contribution in [3.05, 3.63) is 82.7 Å². The van der Waals surface area contributed by atoms with Crippen molar-refractivity contribution in [2.24, 2.45) is 0 Å². The fraction of sp³-hybridized carbons (Fsp3) is 0.333. The summed E-state index contributed by atoms with van der Waals surface area (Å²) >= 11 is 0. The van der Waals surface area contributed by atoms with Gasteiger partial charge >= 0.3 is 0 Å². The minimum atomic E-state index is -3.54. The Morgan fingerprint density at radius 1 is 1.09 bits per heavy atom. The molecule has 35 heavy (non-hydrogen) atoms. The number of benzene rings is 2. The number of carbonyl (C=O) groups is 1. The number of hydrogen-bond donors (Lipinski definition) is 0. The third kappa shape index (κ3) is 4.94. The molecule has 0 N–H and O–H groups in total. The van der Waals surface area contributed by atoms with Crippen LogP contribution in [-0.2, 0) is 23.1 Å². The third-order valence-corrected chi connectivity index (χ3v) is 8.39. The van der Waals surface area contributed by atoms with E-state index in [4.69, 9.17) is 4.74 Å². The number of aryl methyl sites for hydroxylation is 2. The normalized spacial score (nSPS) is 13.2. The molecule has 0 spiro atoms. The van der Waals surface area contributed by atoms with Crippen molar-refractivity contribution in [2.75, 3.05) is 24.5 Å². The number of hydrogen-bond acceptors (Lipinski definition) is 5. The van der Waals surface area contributed by atoms with Crippen LogP contribution in [0.15, 0.2) is 59.8 Å². The highest BCUT2D eigenvalue weighted by Crippen LogP contribution is 2.33. The predicted molar refractivity (Wildman–Crippen MR) is 136 cm³/mol. The number of carbonyl (C=O) groups excluding carboxylic acids is 1. The van der Waals surface area contributed by atoms with Gasteiger partial charge in [0.2, 0.25) is 10.0 Å². The fourth-order valence-electron chi connectivity index (χ4n) is 4.56. The van der Waals surface area contributed by atoms with Gasteiger partial charge in [0.25, 0.3) is 5.91 Å². The first-order chi connectivity index (χ1) is 16.8. The maximum Gasteiger partial charge on any atom is 0.258 e. The van der Waals surface area contributed by atoms with Crippen molar-refractivity contribution >= 4 is 21.6 Å². The van der Waals surface area contributed by atoms with Gasteiger partial charge in [-0.2, -0.15) is 4.31 Å². The average molecular weight is 494 g/mol. The van der Waals surface area contributed by atoms with Crippen LogP contribution in [0.25, 0.3) is 0 Å². The second-order valence-corrected chi connectivity index (χ2v) is 10.6.